The molecular formula is C16H14BrN3O4. The summed E-state index contributed by atoms with van der Waals surface area (Å²) < 4.78 is 8.60. The summed E-state index contributed by atoms with van der Waals surface area (Å²) in [7, 11) is 0. The number of hydrogen-bond acceptors (Lipinski definition) is 4. The summed E-state index contributed by atoms with van der Waals surface area (Å²) >= 11 is 3.43. The number of rotatable bonds is 1. The van der Waals surface area contributed by atoms with Crippen molar-refractivity contribution in [1.29, 1.82) is 0 Å². The molecule has 1 aliphatic heterocycles. The molecule has 1 aliphatic rings. The van der Waals surface area contributed by atoms with E-state index in [-0.39, 0.29) is 6.04 Å². The second-order valence-electron chi connectivity index (χ2n) is 5.77. The second kappa shape index (κ2) is 5.71. The van der Waals surface area contributed by atoms with Gasteiger partial charge in [-0.15, -0.1) is 0 Å². The van der Waals surface area contributed by atoms with E-state index < -0.39 is 11.8 Å². The van der Waals surface area contributed by atoms with Crippen molar-refractivity contribution < 1.29 is 14.6 Å². The Balaban J connectivity index is 2.15. The number of carboxylic acid groups (broad SMARTS) is 1. The number of hydrogen-bond donors (Lipinski definition) is 1. The predicted octanol–water partition coefficient (Wildman–Crippen LogP) is 2.99. The monoisotopic (exact) mass is 391 g/mol. The molecule has 1 N–H and O–H groups in total. The fourth-order valence-corrected chi connectivity index (χ4v) is 3.69. The van der Waals surface area contributed by atoms with Crippen LogP contribution in [-0.2, 0) is 4.74 Å². The minimum absolute atomic E-state index is 0.0843. The number of halogens is 1. The van der Waals surface area contributed by atoms with Crippen LogP contribution in [0.2, 0.25) is 0 Å². The molecule has 0 saturated carbocycles. The molecule has 0 amide bonds. The van der Waals surface area contributed by atoms with Crippen LogP contribution in [0.25, 0.3) is 21.9 Å². The molecule has 1 fully saturated rings. The van der Waals surface area contributed by atoms with Crippen molar-refractivity contribution in [2.24, 2.45) is 0 Å². The van der Waals surface area contributed by atoms with Gasteiger partial charge in [-0.2, -0.15) is 4.57 Å². The number of benzene rings is 1. The number of aromatic nitrogens is 3. The number of nitrogens with zero attached hydrogens (tertiary/aromatic N) is 3. The van der Waals surface area contributed by atoms with Gasteiger partial charge in [-0.3, -0.25) is 9.55 Å². The summed E-state index contributed by atoms with van der Waals surface area (Å²) in [6.45, 7) is 1.12. The first-order valence-electron chi connectivity index (χ1n) is 7.60. The van der Waals surface area contributed by atoms with E-state index in [1.54, 1.807) is 4.57 Å². The second-order valence-corrected chi connectivity index (χ2v) is 6.68. The van der Waals surface area contributed by atoms with E-state index in [0.717, 1.165) is 14.4 Å². The van der Waals surface area contributed by atoms with Crippen molar-refractivity contribution in [2.45, 2.75) is 18.9 Å². The number of carbonyl (C=O) groups is 1. The van der Waals surface area contributed by atoms with Crippen LogP contribution in [0.5, 0.6) is 0 Å². The van der Waals surface area contributed by atoms with E-state index in [9.17, 15) is 14.7 Å². The van der Waals surface area contributed by atoms with Crippen LogP contribution >= 0.6 is 15.9 Å². The Kier molecular flexibility index (Phi) is 3.65. The molecule has 7 nitrogen and oxygen atoms in total. The fraction of sp³-hybridized carbons (Fsp3) is 0.312. The molecule has 4 rings (SSSR count). The van der Waals surface area contributed by atoms with E-state index >= 15 is 0 Å². The van der Waals surface area contributed by atoms with Gasteiger partial charge in [-0.1, -0.05) is 15.9 Å². The number of fused-ring (bicyclic) bond motifs is 3. The van der Waals surface area contributed by atoms with Crippen molar-refractivity contribution in [3.63, 3.8) is 0 Å². The highest BCUT2D eigenvalue weighted by atomic mass is 79.9. The molecule has 24 heavy (non-hydrogen) atoms. The summed E-state index contributed by atoms with van der Waals surface area (Å²) in [5.74, 6) is 0. The lowest BCUT2D eigenvalue weighted by atomic mass is 10.1. The summed E-state index contributed by atoms with van der Waals surface area (Å²) in [5.41, 5.74) is 1.10. The van der Waals surface area contributed by atoms with Gasteiger partial charge in [0, 0.05) is 29.1 Å². The van der Waals surface area contributed by atoms with Gasteiger partial charge in [0.15, 0.2) is 0 Å². The van der Waals surface area contributed by atoms with Gasteiger partial charge >= 0.3 is 11.8 Å². The van der Waals surface area contributed by atoms with E-state index in [2.05, 4.69) is 20.9 Å². The molecule has 1 saturated heterocycles. The third-order valence-corrected chi connectivity index (χ3v) is 4.90. The van der Waals surface area contributed by atoms with Crippen molar-refractivity contribution >= 4 is 44.0 Å². The Labute approximate surface area is 144 Å². The summed E-state index contributed by atoms with van der Waals surface area (Å²) in [5, 5.41) is 10.2. The molecule has 124 valence electrons. The summed E-state index contributed by atoms with van der Waals surface area (Å²) in [6, 6.07) is 5.49. The van der Waals surface area contributed by atoms with Crippen LogP contribution in [0, 0.1) is 0 Å². The fourth-order valence-electron chi connectivity index (χ4n) is 3.33. The van der Waals surface area contributed by atoms with Gasteiger partial charge in [-0.05, 0) is 31.0 Å². The molecule has 3 heterocycles. The van der Waals surface area contributed by atoms with Crippen LogP contribution in [0.1, 0.15) is 18.9 Å². The van der Waals surface area contributed by atoms with Crippen molar-refractivity contribution in [3.05, 3.63) is 39.4 Å². The molecule has 8 heteroatoms. The SMILES string of the molecule is O=C(O)n1c(=O)n(C2CCOCC2)c2c3cc(Br)ccc3ncc21. The highest BCUT2D eigenvalue weighted by Crippen LogP contribution is 2.30. The average Bonchev–Trinajstić information content (AvgIpc) is 2.88. The Bertz CT molecular complexity index is 1020. The maximum absolute atomic E-state index is 12.8. The zero-order chi connectivity index (χ0) is 16.8. The maximum Gasteiger partial charge on any atom is 0.420 e. The number of ether oxygens (including phenoxy) is 1. The predicted molar refractivity (Wildman–Crippen MR) is 91.7 cm³/mol. The van der Waals surface area contributed by atoms with Crippen LogP contribution in [0.3, 0.4) is 0 Å². The molecule has 0 unspecified atom stereocenters. The Morgan fingerprint density at radius 2 is 2.08 bits per heavy atom. The molecule has 0 radical (unpaired) electrons. The first-order chi connectivity index (χ1) is 11.6. The molecule has 0 aliphatic carbocycles. The van der Waals surface area contributed by atoms with E-state index in [4.69, 9.17) is 4.74 Å². The lowest BCUT2D eigenvalue weighted by Gasteiger charge is -2.23. The van der Waals surface area contributed by atoms with Crippen molar-refractivity contribution in [3.8, 4) is 0 Å². The van der Waals surface area contributed by atoms with Gasteiger partial charge < -0.3 is 9.84 Å². The topological polar surface area (TPSA) is 86.3 Å². The number of imidazole rings is 1. The summed E-state index contributed by atoms with van der Waals surface area (Å²) in [4.78, 5) is 28.8. The average molecular weight is 392 g/mol. The third-order valence-electron chi connectivity index (χ3n) is 4.41. The van der Waals surface area contributed by atoms with Gasteiger partial charge in [0.05, 0.1) is 22.7 Å². The first-order valence-corrected chi connectivity index (χ1v) is 8.39. The quantitative estimate of drug-likeness (QED) is 0.688. The van der Waals surface area contributed by atoms with Crippen LogP contribution < -0.4 is 5.69 Å². The van der Waals surface area contributed by atoms with Crippen LogP contribution in [-0.4, -0.2) is 38.5 Å². The smallest absolute Gasteiger partial charge is 0.420 e. The zero-order valence-electron chi connectivity index (χ0n) is 12.6. The summed E-state index contributed by atoms with van der Waals surface area (Å²) in [6.07, 6.45) is 1.51. The largest absolute Gasteiger partial charge is 0.464 e. The highest BCUT2D eigenvalue weighted by molar-refractivity contribution is 9.10. The van der Waals surface area contributed by atoms with E-state index in [1.807, 2.05) is 18.2 Å². The Hall–Kier alpha value is -2.19. The molecule has 1 aromatic carbocycles. The maximum atomic E-state index is 12.8. The van der Waals surface area contributed by atoms with E-state index in [1.165, 1.54) is 6.20 Å². The van der Waals surface area contributed by atoms with Gasteiger partial charge in [0.2, 0.25) is 0 Å². The molecule has 0 bridgehead atoms. The normalized spacial score (nSPS) is 16.0. The zero-order valence-corrected chi connectivity index (χ0v) is 14.2. The highest BCUT2D eigenvalue weighted by Gasteiger charge is 2.26. The molecule has 0 atom stereocenters. The van der Waals surface area contributed by atoms with Gasteiger partial charge in [-0.25, -0.2) is 9.59 Å². The standard InChI is InChI=1S/C16H14BrN3O4/c17-9-1-2-12-11(7-9)14-13(8-18-12)20(16(22)23)15(21)19(14)10-3-5-24-6-4-10/h1-2,7-8,10H,3-6H2,(H,22,23). The van der Waals surface area contributed by atoms with Gasteiger partial charge in [0.25, 0.3) is 0 Å². The molecule has 0 spiro atoms. The Morgan fingerprint density at radius 3 is 2.79 bits per heavy atom. The van der Waals surface area contributed by atoms with Crippen molar-refractivity contribution in [2.75, 3.05) is 13.2 Å². The minimum Gasteiger partial charge on any atom is -0.464 e. The van der Waals surface area contributed by atoms with E-state index in [0.29, 0.717) is 42.6 Å². The minimum atomic E-state index is -1.30. The van der Waals surface area contributed by atoms with Crippen molar-refractivity contribution in [1.82, 2.24) is 14.1 Å². The first kappa shape index (κ1) is 15.3. The third kappa shape index (κ3) is 2.25. The van der Waals surface area contributed by atoms with Gasteiger partial charge in [0.1, 0.15) is 0 Å². The van der Waals surface area contributed by atoms with Crippen LogP contribution in [0.15, 0.2) is 33.7 Å². The lowest BCUT2D eigenvalue weighted by Crippen LogP contribution is -2.32. The number of pyridine rings is 1. The molecule has 2 aromatic heterocycles. The molecule has 3 aromatic rings. The Morgan fingerprint density at radius 1 is 1.33 bits per heavy atom. The lowest BCUT2D eigenvalue weighted by molar-refractivity contribution is 0.0697. The molecular weight excluding hydrogens is 378 g/mol. The van der Waals surface area contributed by atoms with Crippen LogP contribution in [0.4, 0.5) is 4.79 Å².